The molecule has 122 valence electrons. The third-order valence-electron chi connectivity index (χ3n) is 3.20. The number of ether oxygens (including phenoxy) is 2. The fourth-order valence-corrected chi connectivity index (χ4v) is 1.93. The van der Waals surface area contributed by atoms with Gasteiger partial charge in [0.15, 0.2) is 17.6 Å². The summed E-state index contributed by atoms with van der Waals surface area (Å²) in [5, 5.41) is 11.8. The average Bonchev–Trinajstić information content (AvgIpc) is 2.57. The molecular weight excluding hydrogens is 301 g/mol. The highest BCUT2D eigenvalue weighted by Gasteiger charge is 2.17. The zero-order chi connectivity index (χ0) is 16.8. The molecule has 0 aliphatic carbocycles. The number of carbonyl (C=O) groups excluding carboxylic acids is 1. The maximum Gasteiger partial charge on any atom is 0.265 e. The normalized spacial score (nSPS) is 11.7. The van der Waals surface area contributed by atoms with E-state index in [9.17, 15) is 9.18 Å². The van der Waals surface area contributed by atoms with Crippen LogP contribution < -0.4 is 14.8 Å². The van der Waals surface area contributed by atoms with E-state index >= 15 is 0 Å². The van der Waals surface area contributed by atoms with Crippen molar-refractivity contribution in [2.75, 3.05) is 12.4 Å². The van der Waals surface area contributed by atoms with Gasteiger partial charge in [0.05, 0.1) is 13.7 Å². The van der Waals surface area contributed by atoms with Gasteiger partial charge >= 0.3 is 0 Å². The number of rotatable bonds is 6. The number of anilines is 1. The minimum absolute atomic E-state index is 0.114. The summed E-state index contributed by atoms with van der Waals surface area (Å²) in [5.41, 5.74) is 1.16. The van der Waals surface area contributed by atoms with Crippen molar-refractivity contribution in [3.05, 3.63) is 53.8 Å². The lowest BCUT2D eigenvalue weighted by molar-refractivity contribution is -0.122. The van der Waals surface area contributed by atoms with Crippen LogP contribution in [0, 0.1) is 5.82 Å². The molecule has 0 aromatic heterocycles. The fraction of sp³-hybridized carbons (Fsp3) is 0.235. The second-order valence-electron chi connectivity index (χ2n) is 4.90. The van der Waals surface area contributed by atoms with E-state index < -0.39 is 6.10 Å². The van der Waals surface area contributed by atoms with Crippen LogP contribution in [0.4, 0.5) is 10.1 Å². The van der Waals surface area contributed by atoms with Crippen LogP contribution in [0.25, 0.3) is 0 Å². The maximum atomic E-state index is 12.8. The van der Waals surface area contributed by atoms with E-state index in [0.717, 1.165) is 0 Å². The molecule has 5 nitrogen and oxygen atoms in total. The largest absolute Gasteiger partial charge is 0.493 e. The Morgan fingerprint density at radius 2 is 1.91 bits per heavy atom. The first-order valence-corrected chi connectivity index (χ1v) is 7.04. The van der Waals surface area contributed by atoms with Gasteiger partial charge in [0, 0.05) is 5.69 Å². The number of methoxy groups -OCH3 is 1. The molecule has 0 saturated carbocycles. The SMILES string of the molecule is COc1cc(CO)ccc1O[C@@H](C)C(=O)Nc1ccc(F)cc1. The molecule has 23 heavy (non-hydrogen) atoms. The highest BCUT2D eigenvalue weighted by Crippen LogP contribution is 2.29. The quantitative estimate of drug-likeness (QED) is 0.859. The van der Waals surface area contributed by atoms with Crippen molar-refractivity contribution in [3.63, 3.8) is 0 Å². The standard InChI is InChI=1S/C17H18FNO4/c1-11(17(21)19-14-6-4-13(18)5-7-14)23-15-8-3-12(10-20)9-16(15)22-2/h3-9,11,20H,10H2,1-2H3,(H,19,21)/t11-/m0/s1. The molecule has 2 N–H and O–H groups in total. The Hall–Kier alpha value is -2.60. The van der Waals surface area contributed by atoms with Gasteiger partial charge in [-0.15, -0.1) is 0 Å². The van der Waals surface area contributed by atoms with Gasteiger partial charge in [-0.3, -0.25) is 4.79 Å². The number of nitrogens with one attached hydrogen (secondary N) is 1. The predicted molar refractivity (Wildman–Crippen MR) is 84.0 cm³/mol. The zero-order valence-corrected chi connectivity index (χ0v) is 12.9. The number of aliphatic hydroxyl groups is 1. The Labute approximate surface area is 133 Å². The summed E-state index contributed by atoms with van der Waals surface area (Å²) < 4.78 is 23.6. The van der Waals surface area contributed by atoms with Crippen LogP contribution in [0.2, 0.25) is 0 Å². The smallest absolute Gasteiger partial charge is 0.265 e. The molecule has 2 rings (SSSR count). The Morgan fingerprint density at radius 3 is 2.52 bits per heavy atom. The van der Waals surface area contributed by atoms with Crippen LogP contribution in [0.15, 0.2) is 42.5 Å². The van der Waals surface area contributed by atoms with Crippen molar-refractivity contribution >= 4 is 11.6 Å². The molecule has 0 radical (unpaired) electrons. The van der Waals surface area contributed by atoms with Crippen LogP contribution in [-0.4, -0.2) is 24.2 Å². The lowest BCUT2D eigenvalue weighted by Crippen LogP contribution is -2.30. The predicted octanol–water partition coefficient (Wildman–Crippen LogP) is 2.73. The average molecular weight is 319 g/mol. The minimum Gasteiger partial charge on any atom is -0.493 e. The van der Waals surface area contributed by atoms with Gasteiger partial charge < -0.3 is 19.9 Å². The molecule has 2 aromatic carbocycles. The molecule has 0 aliphatic heterocycles. The first-order valence-electron chi connectivity index (χ1n) is 7.04. The molecule has 0 aliphatic rings. The summed E-state index contributed by atoms with van der Waals surface area (Å²) in [5.74, 6) is 0.0790. The van der Waals surface area contributed by atoms with Gasteiger partial charge in [0.1, 0.15) is 5.82 Å². The molecule has 0 fully saturated rings. The fourth-order valence-electron chi connectivity index (χ4n) is 1.93. The molecule has 0 unspecified atom stereocenters. The Balaban J connectivity index is 2.04. The third-order valence-corrected chi connectivity index (χ3v) is 3.20. The number of hydrogen-bond acceptors (Lipinski definition) is 4. The summed E-state index contributed by atoms with van der Waals surface area (Å²) in [7, 11) is 1.48. The molecule has 1 amide bonds. The van der Waals surface area contributed by atoms with E-state index in [1.807, 2.05) is 0 Å². The van der Waals surface area contributed by atoms with Crippen molar-refractivity contribution in [2.24, 2.45) is 0 Å². The Morgan fingerprint density at radius 1 is 1.22 bits per heavy atom. The van der Waals surface area contributed by atoms with E-state index in [2.05, 4.69) is 5.32 Å². The lowest BCUT2D eigenvalue weighted by atomic mass is 10.2. The highest BCUT2D eigenvalue weighted by molar-refractivity contribution is 5.94. The summed E-state index contributed by atoms with van der Waals surface area (Å²) in [6, 6.07) is 10.4. The number of hydrogen-bond donors (Lipinski definition) is 2. The van der Waals surface area contributed by atoms with Gasteiger partial charge in [-0.1, -0.05) is 6.07 Å². The summed E-state index contributed by atoms with van der Waals surface area (Å²) in [6.07, 6.45) is -0.783. The van der Waals surface area contributed by atoms with Crippen LogP contribution in [0.1, 0.15) is 12.5 Å². The number of benzene rings is 2. The highest BCUT2D eigenvalue weighted by atomic mass is 19.1. The van der Waals surface area contributed by atoms with Gasteiger partial charge in [-0.05, 0) is 48.9 Å². The van der Waals surface area contributed by atoms with E-state index in [4.69, 9.17) is 14.6 Å². The monoisotopic (exact) mass is 319 g/mol. The van der Waals surface area contributed by atoms with Crippen LogP contribution >= 0.6 is 0 Å². The summed E-state index contributed by atoms with van der Waals surface area (Å²) >= 11 is 0. The second-order valence-corrected chi connectivity index (χ2v) is 4.90. The topological polar surface area (TPSA) is 67.8 Å². The number of carbonyl (C=O) groups is 1. The lowest BCUT2D eigenvalue weighted by Gasteiger charge is -2.17. The van der Waals surface area contributed by atoms with Gasteiger partial charge in [0.2, 0.25) is 0 Å². The zero-order valence-electron chi connectivity index (χ0n) is 12.9. The van der Waals surface area contributed by atoms with Crippen molar-refractivity contribution < 1.29 is 23.8 Å². The summed E-state index contributed by atoms with van der Waals surface area (Å²) in [6.45, 7) is 1.48. The molecule has 0 heterocycles. The van der Waals surface area contributed by atoms with E-state index in [-0.39, 0.29) is 18.3 Å². The third kappa shape index (κ3) is 4.43. The molecule has 2 aromatic rings. The van der Waals surface area contributed by atoms with Crippen LogP contribution in [0.5, 0.6) is 11.5 Å². The molecular formula is C17H18FNO4. The Bertz CT molecular complexity index is 673. The van der Waals surface area contributed by atoms with Crippen molar-refractivity contribution in [3.8, 4) is 11.5 Å². The van der Waals surface area contributed by atoms with E-state index in [1.54, 1.807) is 25.1 Å². The van der Waals surface area contributed by atoms with E-state index in [0.29, 0.717) is 22.7 Å². The van der Waals surface area contributed by atoms with Gasteiger partial charge in [-0.25, -0.2) is 4.39 Å². The second kappa shape index (κ2) is 7.60. The molecule has 0 saturated heterocycles. The molecule has 0 spiro atoms. The first kappa shape index (κ1) is 16.8. The van der Waals surface area contributed by atoms with Crippen LogP contribution in [0.3, 0.4) is 0 Å². The first-order chi connectivity index (χ1) is 11.0. The molecule has 1 atom stereocenters. The van der Waals surface area contributed by atoms with Gasteiger partial charge in [0.25, 0.3) is 5.91 Å². The minimum atomic E-state index is -0.783. The van der Waals surface area contributed by atoms with Crippen molar-refractivity contribution in [1.82, 2.24) is 0 Å². The summed E-state index contributed by atoms with van der Waals surface area (Å²) in [4.78, 5) is 12.1. The molecule has 6 heteroatoms. The number of halogens is 1. The number of amides is 1. The van der Waals surface area contributed by atoms with Crippen LogP contribution in [-0.2, 0) is 11.4 Å². The number of aliphatic hydroxyl groups excluding tert-OH is 1. The van der Waals surface area contributed by atoms with E-state index in [1.165, 1.54) is 31.4 Å². The van der Waals surface area contributed by atoms with Crippen molar-refractivity contribution in [1.29, 1.82) is 0 Å². The van der Waals surface area contributed by atoms with Gasteiger partial charge in [-0.2, -0.15) is 0 Å². The molecule has 0 bridgehead atoms. The maximum absolute atomic E-state index is 12.8. The van der Waals surface area contributed by atoms with Crippen molar-refractivity contribution in [2.45, 2.75) is 19.6 Å². The Kier molecular flexibility index (Phi) is 5.54.